The number of rotatable bonds is 4. The Balaban J connectivity index is 2.15. The van der Waals surface area contributed by atoms with Crippen LogP contribution in [-0.2, 0) is 6.54 Å². The van der Waals surface area contributed by atoms with Gasteiger partial charge in [-0.05, 0) is 54.8 Å². The maximum absolute atomic E-state index is 9.78. The molecule has 0 bridgehead atoms. The highest BCUT2D eigenvalue weighted by Crippen LogP contribution is 2.28. The fourth-order valence-corrected chi connectivity index (χ4v) is 2.91. The number of anilines is 1. The number of hydrogen-bond donors (Lipinski definition) is 2. The van der Waals surface area contributed by atoms with Crippen LogP contribution in [0.3, 0.4) is 0 Å². The lowest BCUT2D eigenvalue weighted by atomic mass is 10.1. The lowest BCUT2D eigenvalue weighted by molar-refractivity contribution is 0.373. The average Bonchev–Trinajstić information content (AvgIpc) is 2.37. The van der Waals surface area contributed by atoms with Gasteiger partial charge in [0.2, 0.25) is 0 Å². The van der Waals surface area contributed by atoms with E-state index in [0.717, 1.165) is 15.7 Å². The molecule has 4 heteroatoms. The van der Waals surface area contributed by atoms with Crippen molar-refractivity contribution >= 4 is 21.6 Å². The SMILES string of the molecule is COc1ccc(CNc2c(C)cc(Br)cc2C)cc1O. The van der Waals surface area contributed by atoms with Gasteiger partial charge in [0.15, 0.2) is 11.5 Å². The zero-order valence-corrected chi connectivity index (χ0v) is 13.4. The Kier molecular flexibility index (Phi) is 4.55. The van der Waals surface area contributed by atoms with Crippen molar-refractivity contribution in [1.82, 2.24) is 0 Å². The highest BCUT2D eigenvalue weighted by atomic mass is 79.9. The molecule has 106 valence electrons. The van der Waals surface area contributed by atoms with E-state index in [0.29, 0.717) is 12.3 Å². The summed E-state index contributed by atoms with van der Waals surface area (Å²) in [5.41, 5.74) is 4.51. The van der Waals surface area contributed by atoms with Gasteiger partial charge in [0, 0.05) is 16.7 Å². The summed E-state index contributed by atoms with van der Waals surface area (Å²) in [5, 5.41) is 13.2. The van der Waals surface area contributed by atoms with Crippen LogP contribution in [-0.4, -0.2) is 12.2 Å². The van der Waals surface area contributed by atoms with Gasteiger partial charge in [-0.25, -0.2) is 0 Å². The van der Waals surface area contributed by atoms with Crippen LogP contribution in [0.4, 0.5) is 5.69 Å². The van der Waals surface area contributed by atoms with Crippen LogP contribution in [0.15, 0.2) is 34.8 Å². The minimum Gasteiger partial charge on any atom is -0.504 e. The maximum atomic E-state index is 9.78. The van der Waals surface area contributed by atoms with Crippen molar-refractivity contribution in [2.45, 2.75) is 20.4 Å². The zero-order valence-electron chi connectivity index (χ0n) is 11.8. The fourth-order valence-electron chi connectivity index (χ4n) is 2.23. The summed E-state index contributed by atoms with van der Waals surface area (Å²) in [7, 11) is 1.54. The Morgan fingerprint density at radius 1 is 1.15 bits per heavy atom. The van der Waals surface area contributed by atoms with Crippen molar-refractivity contribution in [3.63, 3.8) is 0 Å². The maximum Gasteiger partial charge on any atom is 0.160 e. The topological polar surface area (TPSA) is 41.5 Å². The van der Waals surface area contributed by atoms with Crippen LogP contribution in [0.5, 0.6) is 11.5 Å². The summed E-state index contributed by atoms with van der Waals surface area (Å²) in [6.07, 6.45) is 0. The van der Waals surface area contributed by atoms with Crippen LogP contribution >= 0.6 is 15.9 Å². The molecule has 2 aromatic rings. The first-order valence-electron chi connectivity index (χ1n) is 6.37. The smallest absolute Gasteiger partial charge is 0.160 e. The van der Waals surface area contributed by atoms with E-state index in [4.69, 9.17) is 4.74 Å². The lowest BCUT2D eigenvalue weighted by Crippen LogP contribution is -2.03. The first-order valence-corrected chi connectivity index (χ1v) is 7.17. The molecule has 0 unspecified atom stereocenters. The molecule has 2 N–H and O–H groups in total. The predicted molar refractivity (Wildman–Crippen MR) is 85.6 cm³/mol. The van der Waals surface area contributed by atoms with Crippen molar-refractivity contribution < 1.29 is 9.84 Å². The molecule has 0 saturated heterocycles. The molecule has 3 nitrogen and oxygen atoms in total. The van der Waals surface area contributed by atoms with Crippen molar-refractivity contribution in [3.8, 4) is 11.5 Å². The van der Waals surface area contributed by atoms with Gasteiger partial charge in [-0.2, -0.15) is 0 Å². The van der Waals surface area contributed by atoms with E-state index in [1.165, 1.54) is 11.1 Å². The van der Waals surface area contributed by atoms with Gasteiger partial charge < -0.3 is 15.2 Å². The molecule has 0 aromatic heterocycles. The summed E-state index contributed by atoms with van der Waals surface area (Å²) in [5.74, 6) is 0.654. The molecule has 2 rings (SSSR count). The number of phenolic OH excluding ortho intramolecular Hbond substituents is 1. The van der Waals surface area contributed by atoms with Gasteiger partial charge in [-0.15, -0.1) is 0 Å². The van der Waals surface area contributed by atoms with Gasteiger partial charge in [0.1, 0.15) is 0 Å². The Morgan fingerprint density at radius 2 is 1.80 bits per heavy atom. The minimum absolute atomic E-state index is 0.163. The van der Waals surface area contributed by atoms with E-state index in [9.17, 15) is 5.11 Å². The first kappa shape index (κ1) is 14.7. The molecule has 0 aliphatic rings. The third-order valence-electron chi connectivity index (χ3n) is 3.21. The van der Waals surface area contributed by atoms with E-state index in [-0.39, 0.29) is 5.75 Å². The Hall–Kier alpha value is -1.68. The third-order valence-corrected chi connectivity index (χ3v) is 3.67. The number of benzene rings is 2. The number of methoxy groups -OCH3 is 1. The Bertz CT molecular complexity index is 603. The van der Waals surface area contributed by atoms with Crippen LogP contribution in [0.1, 0.15) is 16.7 Å². The summed E-state index contributed by atoms with van der Waals surface area (Å²) in [6, 6.07) is 9.60. The number of halogens is 1. The van der Waals surface area contributed by atoms with Gasteiger partial charge in [0.05, 0.1) is 7.11 Å². The summed E-state index contributed by atoms with van der Waals surface area (Å²) >= 11 is 3.49. The molecule has 0 fully saturated rings. The monoisotopic (exact) mass is 335 g/mol. The highest BCUT2D eigenvalue weighted by molar-refractivity contribution is 9.10. The van der Waals surface area contributed by atoms with Crippen LogP contribution < -0.4 is 10.1 Å². The van der Waals surface area contributed by atoms with Crippen molar-refractivity contribution in [1.29, 1.82) is 0 Å². The molecule has 0 aliphatic carbocycles. The number of aryl methyl sites for hydroxylation is 2. The lowest BCUT2D eigenvalue weighted by Gasteiger charge is -2.14. The third kappa shape index (κ3) is 3.25. The molecule has 0 amide bonds. The quantitative estimate of drug-likeness (QED) is 0.870. The highest BCUT2D eigenvalue weighted by Gasteiger charge is 2.06. The van der Waals surface area contributed by atoms with E-state index < -0.39 is 0 Å². The molecule has 20 heavy (non-hydrogen) atoms. The van der Waals surface area contributed by atoms with E-state index in [1.54, 1.807) is 19.2 Å². The largest absolute Gasteiger partial charge is 0.504 e. The van der Waals surface area contributed by atoms with Crippen LogP contribution in [0, 0.1) is 13.8 Å². The molecule has 0 spiro atoms. The molecule has 0 aliphatic heterocycles. The number of hydrogen-bond acceptors (Lipinski definition) is 3. The number of aromatic hydroxyl groups is 1. The molecule has 2 aromatic carbocycles. The van der Waals surface area contributed by atoms with E-state index >= 15 is 0 Å². The standard InChI is InChI=1S/C16H18BrNO2/c1-10-6-13(17)7-11(2)16(10)18-9-12-4-5-15(20-3)14(19)8-12/h4-8,18-19H,9H2,1-3H3. The molecular formula is C16H18BrNO2. The van der Waals surface area contributed by atoms with Crippen LogP contribution in [0.25, 0.3) is 0 Å². The molecule has 0 radical (unpaired) electrons. The first-order chi connectivity index (χ1) is 9.51. The Labute approximate surface area is 127 Å². The molecule has 0 saturated carbocycles. The van der Waals surface area contributed by atoms with Gasteiger partial charge in [0.25, 0.3) is 0 Å². The van der Waals surface area contributed by atoms with Gasteiger partial charge >= 0.3 is 0 Å². The van der Waals surface area contributed by atoms with Crippen molar-refractivity contribution in [2.24, 2.45) is 0 Å². The molecule has 0 heterocycles. The second-order valence-electron chi connectivity index (χ2n) is 4.77. The summed E-state index contributed by atoms with van der Waals surface area (Å²) in [4.78, 5) is 0. The van der Waals surface area contributed by atoms with Gasteiger partial charge in [-0.1, -0.05) is 22.0 Å². The van der Waals surface area contributed by atoms with Gasteiger partial charge in [-0.3, -0.25) is 0 Å². The minimum atomic E-state index is 0.163. The zero-order chi connectivity index (χ0) is 14.7. The number of phenols is 1. The second-order valence-corrected chi connectivity index (χ2v) is 5.69. The average molecular weight is 336 g/mol. The number of nitrogens with one attached hydrogen (secondary N) is 1. The van der Waals surface area contributed by atoms with E-state index in [1.807, 2.05) is 6.07 Å². The van der Waals surface area contributed by atoms with Crippen molar-refractivity contribution in [2.75, 3.05) is 12.4 Å². The Morgan fingerprint density at radius 3 is 2.35 bits per heavy atom. The summed E-state index contributed by atoms with van der Waals surface area (Å²) < 4.78 is 6.12. The fraction of sp³-hybridized carbons (Fsp3) is 0.250. The van der Waals surface area contributed by atoms with E-state index in [2.05, 4.69) is 47.2 Å². The number of ether oxygens (including phenoxy) is 1. The normalized spacial score (nSPS) is 10.4. The van der Waals surface area contributed by atoms with Crippen LogP contribution in [0.2, 0.25) is 0 Å². The van der Waals surface area contributed by atoms with Crippen molar-refractivity contribution in [3.05, 3.63) is 51.5 Å². The predicted octanol–water partition coefficient (Wildman–Crippen LogP) is 4.39. The second kappa shape index (κ2) is 6.18. The molecule has 0 atom stereocenters. The summed E-state index contributed by atoms with van der Waals surface area (Å²) in [6.45, 7) is 4.80. The molecular weight excluding hydrogens is 318 g/mol.